The molecule has 6 rings (SSSR count). The number of hydrogen-bond donors (Lipinski definition) is 4. The molecule has 1 aliphatic heterocycles. The zero-order valence-electron chi connectivity index (χ0n) is 35.8. The zero-order valence-corrected chi connectivity index (χ0v) is 35.8. The lowest BCUT2D eigenvalue weighted by molar-refractivity contribution is -0.346. The smallest absolute Gasteiger partial charge is 0.408 e. The average Bonchev–Trinajstić information content (AvgIpc) is 3.17. The van der Waals surface area contributed by atoms with Gasteiger partial charge in [-0.2, -0.15) is 0 Å². The average molecular weight is 850 g/mol. The van der Waals surface area contributed by atoms with Gasteiger partial charge < -0.3 is 49.1 Å². The van der Waals surface area contributed by atoms with Crippen LogP contribution in [-0.2, 0) is 47.6 Å². The van der Waals surface area contributed by atoms with Gasteiger partial charge in [-0.1, -0.05) is 62.4 Å². The second-order valence-electron chi connectivity index (χ2n) is 18.2. The number of aliphatic hydroxyl groups excluding tert-OH is 2. The summed E-state index contributed by atoms with van der Waals surface area (Å²) in [5, 5.41) is 39.9. The summed E-state index contributed by atoms with van der Waals surface area (Å²) in [6.45, 7) is 12.9. The number of rotatable bonds is 9. The van der Waals surface area contributed by atoms with Gasteiger partial charge in [0.1, 0.15) is 29.5 Å². The van der Waals surface area contributed by atoms with Crippen LogP contribution in [-0.4, -0.2) is 111 Å². The van der Waals surface area contributed by atoms with Gasteiger partial charge in [0, 0.05) is 32.1 Å². The standard InChI is InChI=1S/C45H55NO15/c1-23-28(58-39(53)33(50)32(26-16-12-10-13-17-26)46-40(54)61-41(4,5)6)21-45(55)37(59-38(52)27-18-14-11-15-19-27)35-43(9,29(49)20-30-44(35,22-56-30)60-25(3)48)36(51)34(57-24(2)47)31(23)42(45,7)8/h10-19,28-30,32-35,37,49-50,55H,20-22H2,1-9H3,(H,46,54)/t28-,29-,30+,32-,33+,34+,35-,37-,43+,44-,45-/m0/s1. The molecule has 2 saturated carbocycles. The fraction of sp³-hybridized carbons (Fsp3) is 0.556. The first-order valence-corrected chi connectivity index (χ1v) is 20.2. The Labute approximate surface area is 353 Å². The predicted molar refractivity (Wildman–Crippen MR) is 213 cm³/mol. The van der Waals surface area contributed by atoms with E-state index in [4.69, 9.17) is 28.4 Å². The SMILES string of the molecule is CC(=O)O[C@H]1C(=O)[C@@]2(C)[C@H]([C@H](OC(=O)c3ccccc3)[C@@]3(O)C[C@H](OC(=O)[C@H](O)[C@@H](NC(=O)OC(C)(C)C)c4ccccc4)C(C)=C1C3(C)C)[C@]1(OC(C)=O)CO[C@@H]1C[C@@H]2O. The minimum atomic E-state index is -2.40. The molecule has 1 heterocycles. The zero-order chi connectivity index (χ0) is 45.0. The number of ketones is 1. The fourth-order valence-electron chi connectivity index (χ4n) is 9.80. The lowest BCUT2D eigenvalue weighted by Gasteiger charge is -2.67. The molecule has 1 saturated heterocycles. The Morgan fingerprint density at radius 1 is 0.902 bits per heavy atom. The van der Waals surface area contributed by atoms with Crippen LogP contribution in [0.1, 0.15) is 97.1 Å². The number of esters is 4. The molecule has 0 radical (unpaired) electrons. The minimum Gasteiger partial charge on any atom is -0.456 e. The number of alkyl carbamates (subject to hydrolysis) is 1. The van der Waals surface area contributed by atoms with Gasteiger partial charge in [0.15, 0.2) is 23.6 Å². The van der Waals surface area contributed by atoms with E-state index in [9.17, 15) is 39.3 Å². The summed E-state index contributed by atoms with van der Waals surface area (Å²) in [6.07, 6.45) is -11.5. The fourth-order valence-corrected chi connectivity index (χ4v) is 9.80. The van der Waals surface area contributed by atoms with Crippen LogP contribution < -0.4 is 5.32 Å². The van der Waals surface area contributed by atoms with Crippen LogP contribution in [0, 0.1) is 16.7 Å². The van der Waals surface area contributed by atoms with Crippen molar-refractivity contribution in [2.75, 3.05) is 6.61 Å². The topological polar surface area (TPSA) is 231 Å². The summed E-state index contributed by atoms with van der Waals surface area (Å²) in [4.78, 5) is 82.9. The van der Waals surface area contributed by atoms with Crippen LogP contribution in [0.4, 0.5) is 4.79 Å². The van der Waals surface area contributed by atoms with Crippen molar-refractivity contribution in [3.63, 3.8) is 0 Å². The van der Waals surface area contributed by atoms with E-state index in [1.807, 2.05) is 0 Å². The number of carbonyl (C=O) groups excluding carboxylic acids is 6. The first kappa shape index (κ1) is 45.4. The van der Waals surface area contributed by atoms with Gasteiger partial charge in [0.2, 0.25) is 0 Å². The van der Waals surface area contributed by atoms with E-state index in [0.717, 1.165) is 13.8 Å². The van der Waals surface area contributed by atoms with Crippen molar-refractivity contribution >= 4 is 35.8 Å². The summed E-state index contributed by atoms with van der Waals surface area (Å²) in [5.41, 5.74) is -8.30. The highest BCUT2D eigenvalue weighted by molar-refractivity contribution is 5.95. The minimum absolute atomic E-state index is 0.0126. The maximum Gasteiger partial charge on any atom is 0.408 e. The van der Waals surface area contributed by atoms with Crippen molar-refractivity contribution < 1.29 is 72.5 Å². The van der Waals surface area contributed by atoms with Crippen LogP contribution >= 0.6 is 0 Å². The molecule has 0 aromatic heterocycles. The normalized spacial score (nSPS) is 32.5. The van der Waals surface area contributed by atoms with Gasteiger partial charge in [-0.05, 0) is 63.5 Å². The third-order valence-electron chi connectivity index (χ3n) is 12.8. The Morgan fingerprint density at radius 3 is 2.05 bits per heavy atom. The quantitative estimate of drug-likeness (QED) is 0.160. The number of amides is 1. The molecule has 2 aromatic carbocycles. The van der Waals surface area contributed by atoms with Gasteiger partial charge in [-0.15, -0.1) is 0 Å². The molecule has 16 heteroatoms. The number of nitrogens with one attached hydrogen (secondary N) is 1. The number of carbonyl (C=O) groups is 6. The first-order chi connectivity index (χ1) is 28.4. The van der Waals surface area contributed by atoms with Gasteiger partial charge in [0.05, 0.1) is 35.6 Å². The number of aliphatic hydroxyl groups is 3. The Hall–Kier alpha value is -5.16. The molecule has 0 unspecified atom stereocenters. The molecular weight excluding hydrogens is 794 g/mol. The van der Waals surface area contributed by atoms with Gasteiger partial charge in [0.25, 0.3) is 0 Å². The number of benzene rings is 2. The second kappa shape index (κ2) is 16.3. The lowest BCUT2D eigenvalue weighted by atomic mass is 9.44. The van der Waals surface area contributed by atoms with Crippen molar-refractivity contribution in [3.05, 3.63) is 82.9 Å². The van der Waals surface area contributed by atoms with E-state index in [2.05, 4.69) is 5.32 Å². The predicted octanol–water partition coefficient (Wildman–Crippen LogP) is 3.83. The Kier molecular flexibility index (Phi) is 12.1. The van der Waals surface area contributed by atoms with Gasteiger partial charge >= 0.3 is 30.0 Å². The highest BCUT2D eigenvalue weighted by Gasteiger charge is 2.78. The van der Waals surface area contributed by atoms with E-state index >= 15 is 4.79 Å². The highest BCUT2D eigenvalue weighted by atomic mass is 16.6. The van der Waals surface area contributed by atoms with Crippen molar-refractivity contribution in [2.24, 2.45) is 16.7 Å². The maximum atomic E-state index is 15.5. The van der Waals surface area contributed by atoms with E-state index in [1.165, 1.54) is 26.0 Å². The van der Waals surface area contributed by atoms with E-state index in [1.54, 1.807) is 83.1 Å². The molecule has 4 aliphatic rings. The van der Waals surface area contributed by atoms with Gasteiger partial charge in [-0.3, -0.25) is 14.4 Å². The molecule has 3 fully saturated rings. The summed E-state index contributed by atoms with van der Waals surface area (Å²) >= 11 is 0. The van der Waals surface area contributed by atoms with Crippen LogP contribution in [0.25, 0.3) is 0 Å². The maximum absolute atomic E-state index is 15.5. The monoisotopic (exact) mass is 849 g/mol. The molecule has 2 bridgehead atoms. The third-order valence-corrected chi connectivity index (χ3v) is 12.8. The van der Waals surface area contributed by atoms with Crippen molar-refractivity contribution in [1.82, 2.24) is 5.32 Å². The molecule has 3 aliphatic carbocycles. The number of hydrogen-bond acceptors (Lipinski definition) is 15. The lowest BCUT2D eigenvalue weighted by Crippen LogP contribution is -2.82. The van der Waals surface area contributed by atoms with E-state index in [-0.39, 0.29) is 29.7 Å². The van der Waals surface area contributed by atoms with E-state index < -0.39 is 118 Å². The molecule has 4 N–H and O–H groups in total. The molecule has 2 aromatic rings. The van der Waals surface area contributed by atoms with Crippen molar-refractivity contribution in [2.45, 2.75) is 135 Å². The Morgan fingerprint density at radius 2 is 1.51 bits per heavy atom. The van der Waals surface area contributed by atoms with Crippen LogP contribution in [0.2, 0.25) is 0 Å². The largest absolute Gasteiger partial charge is 0.456 e. The van der Waals surface area contributed by atoms with Crippen molar-refractivity contribution in [1.29, 1.82) is 0 Å². The summed E-state index contributed by atoms with van der Waals surface area (Å²) < 4.78 is 35.6. The van der Waals surface area contributed by atoms with Gasteiger partial charge in [-0.25, -0.2) is 14.4 Å². The highest BCUT2D eigenvalue weighted by Crippen LogP contribution is 2.64. The molecular formula is C45H55NO15. The number of ether oxygens (including phenoxy) is 6. The summed E-state index contributed by atoms with van der Waals surface area (Å²) in [6, 6.07) is 14.5. The first-order valence-electron chi connectivity index (χ1n) is 20.2. The van der Waals surface area contributed by atoms with Crippen LogP contribution in [0.15, 0.2) is 71.8 Å². The Balaban J connectivity index is 1.54. The van der Waals surface area contributed by atoms with E-state index in [0.29, 0.717) is 5.56 Å². The molecule has 61 heavy (non-hydrogen) atoms. The number of fused-ring (bicyclic) bond motifs is 5. The summed E-state index contributed by atoms with van der Waals surface area (Å²) in [5.74, 6) is -6.30. The summed E-state index contributed by atoms with van der Waals surface area (Å²) in [7, 11) is 0. The molecule has 1 amide bonds. The third kappa shape index (κ3) is 7.94. The van der Waals surface area contributed by atoms with Crippen molar-refractivity contribution in [3.8, 4) is 0 Å². The molecule has 16 nitrogen and oxygen atoms in total. The molecule has 330 valence electrons. The Bertz CT molecular complexity index is 2100. The van der Waals surface area contributed by atoms with Crippen LogP contribution in [0.5, 0.6) is 0 Å². The number of Topliss-reactive ketones (excluding diaryl/α,β-unsaturated/α-hetero) is 1. The molecule has 0 spiro atoms. The molecule has 11 atom stereocenters. The van der Waals surface area contributed by atoms with Crippen LogP contribution in [0.3, 0.4) is 0 Å². The second-order valence-corrected chi connectivity index (χ2v) is 18.2.